The summed E-state index contributed by atoms with van der Waals surface area (Å²) < 4.78 is 10.9. The van der Waals surface area contributed by atoms with Crippen molar-refractivity contribution in [1.29, 1.82) is 0 Å². The fourth-order valence-corrected chi connectivity index (χ4v) is 4.55. The van der Waals surface area contributed by atoms with Gasteiger partial charge < -0.3 is 9.47 Å². The van der Waals surface area contributed by atoms with Crippen LogP contribution in [0.1, 0.15) is 38.7 Å². The minimum atomic E-state index is -0.0996. The lowest BCUT2D eigenvalue weighted by Gasteiger charge is -2.19. The lowest BCUT2D eigenvalue weighted by Crippen LogP contribution is -2.06. The molecule has 0 aromatic heterocycles. The fourth-order valence-electron chi connectivity index (χ4n) is 3.14. The Bertz CT molecular complexity index is 1030. The molecule has 30 heavy (non-hydrogen) atoms. The molecule has 3 aromatic carbocycles. The fraction of sp³-hybridized carbons (Fsp3) is 0.240. The molecule has 0 spiro atoms. The Hall–Kier alpha value is -2.43. The molecule has 0 saturated carbocycles. The summed E-state index contributed by atoms with van der Waals surface area (Å²) in [5.74, 6) is 1.60. The highest BCUT2D eigenvalue weighted by Gasteiger charge is 2.21. The third-order valence-corrected chi connectivity index (χ3v) is 6.63. The molecule has 0 bridgehead atoms. The second-order valence-electron chi connectivity index (χ2n) is 7.10. The quantitative estimate of drug-likeness (QED) is 0.277. The molecule has 5 heteroatoms. The summed E-state index contributed by atoms with van der Waals surface area (Å²) in [5.41, 5.74) is 4.06. The number of carbonyl (C=O) groups excluding carboxylic acids is 1. The third-order valence-electron chi connectivity index (χ3n) is 5.08. The van der Waals surface area contributed by atoms with Gasteiger partial charge in [0.2, 0.25) is 0 Å². The molecule has 3 aromatic rings. The maximum absolute atomic E-state index is 13.1. The van der Waals surface area contributed by atoms with Gasteiger partial charge in [-0.1, -0.05) is 35.9 Å². The average molecular weight is 441 g/mol. The lowest BCUT2D eigenvalue weighted by atomic mass is 9.99. The van der Waals surface area contributed by atoms with Gasteiger partial charge in [0.15, 0.2) is 5.78 Å². The molecule has 0 radical (unpaired) electrons. The van der Waals surface area contributed by atoms with Crippen molar-refractivity contribution in [1.82, 2.24) is 0 Å². The normalized spacial score (nSPS) is 11.8. The molecule has 0 amide bonds. The first-order valence-electron chi connectivity index (χ1n) is 9.66. The topological polar surface area (TPSA) is 35.5 Å². The zero-order valence-electron chi connectivity index (χ0n) is 17.6. The van der Waals surface area contributed by atoms with Crippen LogP contribution in [-0.4, -0.2) is 20.0 Å². The Kier molecular flexibility index (Phi) is 7.46. The molecule has 1 atom stereocenters. The van der Waals surface area contributed by atoms with Crippen molar-refractivity contribution >= 4 is 29.1 Å². The molecule has 0 aliphatic heterocycles. The van der Waals surface area contributed by atoms with Gasteiger partial charge in [-0.25, -0.2) is 0 Å². The van der Waals surface area contributed by atoms with Gasteiger partial charge in [-0.3, -0.25) is 4.79 Å². The van der Waals surface area contributed by atoms with E-state index >= 15 is 0 Å². The third kappa shape index (κ3) is 5.38. The molecular formula is C25H25ClO3S. The first-order chi connectivity index (χ1) is 14.4. The SMILES string of the molecule is COc1ccc(OC)c(S[C@@H](CC(=O)c2ccc(C)c(C)c2)c2ccc(Cl)cc2)c1. The van der Waals surface area contributed by atoms with Gasteiger partial charge in [-0.05, 0) is 66.9 Å². The molecule has 0 N–H and O–H groups in total. The van der Waals surface area contributed by atoms with Crippen LogP contribution in [0.2, 0.25) is 5.02 Å². The van der Waals surface area contributed by atoms with Crippen molar-refractivity contribution < 1.29 is 14.3 Å². The maximum atomic E-state index is 13.1. The van der Waals surface area contributed by atoms with Gasteiger partial charge >= 0.3 is 0 Å². The number of hydrogen-bond acceptors (Lipinski definition) is 4. The first kappa shape index (κ1) is 22.3. The summed E-state index contributed by atoms with van der Waals surface area (Å²) in [6, 6.07) is 19.2. The van der Waals surface area contributed by atoms with Crippen LogP contribution >= 0.6 is 23.4 Å². The summed E-state index contributed by atoms with van der Waals surface area (Å²) in [6.07, 6.45) is 0.356. The van der Waals surface area contributed by atoms with Crippen LogP contribution < -0.4 is 9.47 Å². The Balaban J connectivity index is 1.94. The second kappa shape index (κ2) is 10.1. The van der Waals surface area contributed by atoms with Crippen LogP contribution in [0, 0.1) is 13.8 Å². The number of hydrogen-bond donors (Lipinski definition) is 0. The van der Waals surface area contributed by atoms with Crippen LogP contribution in [0.15, 0.2) is 65.6 Å². The Morgan fingerprint density at radius 3 is 2.30 bits per heavy atom. The van der Waals surface area contributed by atoms with Crippen LogP contribution in [0.25, 0.3) is 0 Å². The summed E-state index contributed by atoms with van der Waals surface area (Å²) in [6.45, 7) is 4.07. The van der Waals surface area contributed by atoms with Crippen molar-refractivity contribution in [3.8, 4) is 11.5 Å². The number of aryl methyl sites for hydroxylation is 2. The van der Waals surface area contributed by atoms with Gasteiger partial charge in [0.1, 0.15) is 11.5 Å². The van der Waals surface area contributed by atoms with E-state index in [-0.39, 0.29) is 11.0 Å². The summed E-state index contributed by atoms with van der Waals surface area (Å²) >= 11 is 7.68. The number of carbonyl (C=O) groups is 1. The smallest absolute Gasteiger partial charge is 0.164 e. The highest BCUT2D eigenvalue weighted by Crippen LogP contribution is 2.44. The van der Waals surface area contributed by atoms with E-state index in [2.05, 4.69) is 0 Å². The lowest BCUT2D eigenvalue weighted by molar-refractivity contribution is 0.0982. The minimum absolute atomic E-state index is 0.0996. The number of Topliss-reactive ketones (excluding diaryl/α,β-unsaturated/α-hetero) is 1. The van der Waals surface area contributed by atoms with Gasteiger partial charge in [0.25, 0.3) is 0 Å². The van der Waals surface area contributed by atoms with Crippen LogP contribution in [0.4, 0.5) is 0 Å². The molecule has 0 saturated heterocycles. The molecule has 156 valence electrons. The van der Waals surface area contributed by atoms with Crippen molar-refractivity contribution in [2.75, 3.05) is 14.2 Å². The zero-order valence-corrected chi connectivity index (χ0v) is 19.1. The van der Waals surface area contributed by atoms with E-state index in [0.717, 1.165) is 33.1 Å². The van der Waals surface area contributed by atoms with Gasteiger partial charge in [-0.15, -0.1) is 11.8 Å². The van der Waals surface area contributed by atoms with E-state index in [1.807, 2.05) is 74.5 Å². The molecule has 0 aliphatic carbocycles. The number of methoxy groups -OCH3 is 2. The molecule has 0 aliphatic rings. The minimum Gasteiger partial charge on any atom is -0.497 e. The number of ketones is 1. The van der Waals surface area contributed by atoms with Gasteiger partial charge in [0.05, 0.1) is 19.1 Å². The summed E-state index contributed by atoms with van der Waals surface area (Å²) in [7, 11) is 3.28. The van der Waals surface area contributed by atoms with Crippen LogP contribution in [0.3, 0.4) is 0 Å². The van der Waals surface area contributed by atoms with E-state index in [1.54, 1.807) is 26.0 Å². The monoisotopic (exact) mass is 440 g/mol. The van der Waals surface area contributed by atoms with E-state index in [1.165, 1.54) is 5.56 Å². The largest absolute Gasteiger partial charge is 0.497 e. The highest BCUT2D eigenvalue weighted by molar-refractivity contribution is 7.99. The molecule has 0 unspecified atom stereocenters. The number of benzene rings is 3. The predicted octanol–water partition coefficient (Wildman–Crippen LogP) is 7.08. The van der Waals surface area contributed by atoms with Crippen LogP contribution in [-0.2, 0) is 0 Å². The average Bonchev–Trinajstić information content (AvgIpc) is 2.75. The second-order valence-corrected chi connectivity index (χ2v) is 8.78. The number of thioether (sulfide) groups is 1. The Morgan fingerprint density at radius 1 is 0.933 bits per heavy atom. The van der Waals surface area contributed by atoms with Crippen molar-refractivity contribution in [3.05, 3.63) is 87.9 Å². The first-order valence-corrected chi connectivity index (χ1v) is 10.9. The molecule has 0 fully saturated rings. The van der Waals surface area contributed by atoms with Crippen LogP contribution in [0.5, 0.6) is 11.5 Å². The van der Waals surface area contributed by atoms with Gasteiger partial charge in [-0.2, -0.15) is 0 Å². The highest BCUT2D eigenvalue weighted by atomic mass is 35.5. The van der Waals surface area contributed by atoms with Crippen molar-refractivity contribution in [2.45, 2.75) is 30.4 Å². The van der Waals surface area contributed by atoms with E-state index in [0.29, 0.717) is 11.4 Å². The van der Waals surface area contributed by atoms with E-state index in [4.69, 9.17) is 21.1 Å². The summed E-state index contributed by atoms with van der Waals surface area (Å²) in [5, 5.41) is 0.569. The van der Waals surface area contributed by atoms with Gasteiger partial charge in [0, 0.05) is 22.3 Å². The molecule has 3 rings (SSSR count). The van der Waals surface area contributed by atoms with Crippen molar-refractivity contribution in [2.24, 2.45) is 0 Å². The predicted molar refractivity (Wildman–Crippen MR) is 124 cm³/mol. The zero-order chi connectivity index (χ0) is 21.7. The maximum Gasteiger partial charge on any atom is 0.164 e. The summed E-state index contributed by atoms with van der Waals surface area (Å²) in [4.78, 5) is 14.1. The standard InChI is InChI=1S/C25H25ClO3S/c1-16-5-6-19(13-17(16)2)22(27)15-24(18-7-9-20(26)10-8-18)30-25-14-21(28-3)11-12-23(25)29-4/h5-14,24H,15H2,1-4H3/t24-/m0/s1. The number of ether oxygens (including phenoxy) is 2. The Morgan fingerprint density at radius 2 is 1.67 bits per heavy atom. The number of rotatable bonds is 8. The van der Waals surface area contributed by atoms with E-state index in [9.17, 15) is 4.79 Å². The molecular weight excluding hydrogens is 416 g/mol. The number of halogens is 1. The van der Waals surface area contributed by atoms with Crippen molar-refractivity contribution in [3.63, 3.8) is 0 Å². The Labute approximate surface area is 187 Å². The molecule has 0 heterocycles. The molecule has 3 nitrogen and oxygen atoms in total. The van der Waals surface area contributed by atoms with E-state index < -0.39 is 0 Å².